The van der Waals surface area contributed by atoms with Crippen molar-refractivity contribution in [1.29, 1.82) is 0 Å². The van der Waals surface area contributed by atoms with E-state index in [1.807, 2.05) is 6.92 Å². The Labute approximate surface area is 202 Å². The molecule has 33 heavy (non-hydrogen) atoms. The van der Waals surface area contributed by atoms with Crippen molar-refractivity contribution >= 4 is 8.32 Å². The van der Waals surface area contributed by atoms with E-state index < -0.39 is 25.8 Å². The van der Waals surface area contributed by atoms with Crippen LogP contribution in [0.15, 0.2) is 0 Å². The molecule has 188 valence electrons. The summed E-state index contributed by atoms with van der Waals surface area (Å²) in [4.78, 5) is 0. The van der Waals surface area contributed by atoms with E-state index in [-0.39, 0.29) is 23.0 Å². The quantitative estimate of drug-likeness (QED) is 0.431. The maximum atomic E-state index is 11.0. The molecule has 0 aromatic heterocycles. The van der Waals surface area contributed by atoms with E-state index in [1.54, 1.807) is 0 Å². The molecular formula is C27H46O5Si. The second-order valence-electron chi connectivity index (χ2n) is 12.2. The summed E-state index contributed by atoms with van der Waals surface area (Å²) in [7, 11) is -1.96. The Kier molecular flexibility index (Phi) is 7.43. The Morgan fingerprint density at radius 3 is 2.36 bits per heavy atom. The van der Waals surface area contributed by atoms with Crippen LogP contribution < -0.4 is 0 Å². The number of aliphatic hydroxyl groups excluding tert-OH is 1. The average molecular weight is 479 g/mol. The molecular weight excluding hydrogens is 432 g/mol. The zero-order valence-corrected chi connectivity index (χ0v) is 22.7. The molecule has 4 rings (SSSR count). The van der Waals surface area contributed by atoms with Crippen LogP contribution in [0.25, 0.3) is 0 Å². The first-order valence-electron chi connectivity index (χ1n) is 13.3. The van der Waals surface area contributed by atoms with Gasteiger partial charge in [-0.15, -0.1) is 0 Å². The zero-order valence-electron chi connectivity index (χ0n) is 21.7. The second-order valence-corrected chi connectivity index (χ2v) is 17.0. The fraction of sp³-hybridized carbons (Fsp3) is 0.926. The fourth-order valence-corrected chi connectivity index (χ4v) is 7.53. The zero-order chi connectivity index (χ0) is 23.9. The maximum absolute atomic E-state index is 11.0. The molecule has 1 spiro atoms. The lowest BCUT2D eigenvalue weighted by Gasteiger charge is -2.64. The minimum Gasteiger partial charge on any atom is -0.403 e. The summed E-state index contributed by atoms with van der Waals surface area (Å²) in [5, 5.41) is 11.2. The molecule has 4 aliphatic rings. The maximum Gasteiger partial charge on any atom is 0.198 e. The third-order valence-electron chi connectivity index (χ3n) is 9.25. The predicted octanol–water partition coefficient (Wildman–Crippen LogP) is 5.27. The van der Waals surface area contributed by atoms with Crippen molar-refractivity contribution < 1.29 is 23.7 Å². The van der Waals surface area contributed by atoms with Crippen LogP contribution >= 0.6 is 0 Å². The van der Waals surface area contributed by atoms with Crippen LogP contribution in [0.4, 0.5) is 0 Å². The highest BCUT2D eigenvalue weighted by atomic mass is 28.4. The van der Waals surface area contributed by atoms with E-state index in [1.165, 1.54) is 32.1 Å². The van der Waals surface area contributed by atoms with Crippen molar-refractivity contribution in [2.45, 2.75) is 121 Å². The third-order valence-corrected chi connectivity index (χ3v) is 13.7. The summed E-state index contributed by atoms with van der Waals surface area (Å²) in [6.45, 7) is 15.4. The van der Waals surface area contributed by atoms with Crippen molar-refractivity contribution in [3.8, 4) is 11.8 Å². The van der Waals surface area contributed by atoms with Crippen LogP contribution in [0.3, 0.4) is 0 Å². The van der Waals surface area contributed by atoms with Gasteiger partial charge < -0.3 is 23.7 Å². The largest absolute Gasteiger partial charge is 0.403 e. The van der Waals surface area contributed by atoms with Crippen molar-refractivity contribution in [3.63, 3.8) is 0 Å². The van der Waals surface area contributed by atoms with E-state index in [4.69, 9.17) is 18.6 Å². The minimum atomic E-state index is -1.96. The van der Waals surface area contributed by atoms with E-state index in [2.05, 4.69) is 45.7 Å². The van der Waals surface area contributed by atoms with Gasteiger partial charge in [0.15, 0.2) is 14.1 Å². The Balaban J connectivity index is 1.59. The molecule has 0 aromatic rings. The molecule has 0 radical (unpaired) electrons. The fourth-order valence-electron chi connectivity index (χ4n) is 6.29. The van der Waals surface area contributed by atoms with Gasteiger partial charge in [-0.2, -0.15) is 0 Å². The molecule has 0 aromatic carbocycles. The monoisotopic (exact) mass is 478 g/mol. The lowest BCUT2D eigenvalue weighted by atomic mass is 9.52. The highest BCUT2D eigenvalue weighted by Gasteiger charge is 2.73. The summed E-state index contributed by atoms with van der Waals surface area (Å²) in [5.41, 5.74) is -0.489. The van der Waals surface area contributed by atoms with Crippen molar-refractivity contribution in [3.05, 3.63) is 0 Å². The topological polar surface area (TPSA) is 57.2 Å². The number of hydrogen-bond donors (Lipinski definition) is 1. The van der Waals surface area contributed by atoms with Gasteiger partial charge in [0.05, 0.1) is 25.2 Å². The molecule has 0 unspecified atom stereocenters. The molecule has 3 saturated carbocycles. The van der Waals surface area contributed by atoms with Gasteiger partial charge in [0.2, 0.25) is 0 Å². The molecule has 3 aliphatic carbocycles. The molecule has 5 nitrogen and oxygen atoms in total. The molecule has 1 N–H and O–H groups in total. The molecule has 1 saturated heterocycles. The predicted molar refractivity (Wildman–Crippen MR) is 132 cm³/mol. The van der Waals surface area contributed by atoms with Crippen molar-refractivity contribution in [1.82, 2.24) is 0 Å². The lowest BCUT2D eigenvalue weighted by molar-refractivity contribution is -0.387. The Hall–Kier alpha value is -0.423. The van der Waals surface area contributed by atoms with E-state index >= 15 is 0 Å². The molecule has 5 atom stereocenters. The Morgan fingerprint density at radius 1 is 1.09 bits per heavy atom. The van der Waals surface area contributed by atoms with Crippen LogP contribution in [0, 0.1) is 29.6 Å². The van der Waals surface area contributed by atoms with Crippen LogP contribution in [0.2, 0.25) is 18.1 Å². The number of rotatable bonds is 5. The van der Waals surface area contributed by atoms with E-state index in [0.29, 0.717) is 32.2 Å². The third kappa shape index (κ3) is 4.59. The Bertz CT molecular complexity index is 738. The van der Waals surface area contributed by atoms with Gasteiger partial charge in [0.1, 0.15) is 11.7 Å². The molecule has 1 heterocycles. The molecule has 4 fully saturated rings. The van der Waals surface area contributed by atoms with Crippen molar-refractivity contribution in [2.75, 3.05) is 19.8 Å². The van der Waals surface area contributed by atoms with Gasteiger partial charge in [-0.25, -0.2) is 0 Å². The van der Waals surface area contributed by atoms with Gasteiger partial charge in [0.25, 0.3) is 0 Å². The van der Waals surface area contributed by atoms with Gasteiger partial charge in [0, 0.05) is 18.9 Å². The second kappa shape index (κ2) is 9.56. The van der Waals surface area contributed by atoms with Crippen LogP contribution in [-0.4, -0.2) is 56.8 Å². The smallest absolute Gasteiger partial charge is 0.198 e. The SMILES string of the molecule is CCO[C@]12CC[C@@H](O)[C@H](C#C[C@@H](O[Si](C)(C)C(C)(C)C)C3CCCCC3)[C@H]1CC21OCCO1. The van der Waals surface area contributed by atoms with Crippen LogP contribution in [0.5, 0.6) is 0 Å². The Morgan fingerprint density at radius 2 is 1.76 bits per heavy atom. The van der Waals surface area contributed by atoms with Crippen LogP contribution in [0.1, 0.15) is 79.1 Å². The summed E-state index contributed by atoms with van der Waals surface area (Å²) >= 11 is 0. The molecule has 1 aliphatic heterocycles. The van der Waals surface area contributed by atoms with Gasteiger partial charge in [-0.05, 0) is 56.7 Å². The minimum absolute atomic E-state index is 0.0465. The average Bonchev–Trinajstić information content (AvgIpc) is 3.26. The van der Waals surface area contributed by atoms with Gasteiger partial charge in [-0.1, -0.05) is 51.9 Å². The number of aliphatic hydroxyl groups is 1. The summed E-state index contributed by atoms with van der Waals surface area (Å²) in [6, 6.07) is 0. The van der Waals surface area contributed by atoms with E-state index in [0.717, 1.165) is 12.8 Å². The van der Waals surface area contributed by atoms with E-state index in [9.17, 15) is 5.11 Å². The molecule has 6 heteroatoms. The first kappa shape index (κ1) is 25.7. The highest BCUT2D eigenvalue weighted by molar-refractivity contribution is 6.74. The summed E-state index contributed by atoms with van der Waals surface area (Å²) < 4.78 is 25.5. The van der Waals surface area contributed by atoms with Crippen molar-refractivity contribution in [2.24, 2.45) is 17.8 Å². The number of fused-ring (bicyclic) bond motifs is 2. The normalized spacial score (nSPS) is 35.4. The standard InChI is InChI=1S/C27H46O5Si/c1-7-29-26-16-15-23(28)21(22(26)19-27(26)30-17-18-31-27)13-14-24(20-11-9-8-10-12-20)32-33(5,6)25(2,3)4/h20-24,28H,7-12,15-19H2,1-6H3/t21-,22-,23-,24-,26-/m1/s1. The summed E-state index contributed by atoms with van der Waals surface area (Å²) in [6.07, 6.45) is 7.94. The first-order valence-corrected chi connectivity index (χ1v) is 16.2. The molecule has 0 amide bonds. The van der Waals surface area contributed by atoms with Crippen LogP contribution in [-0.2, 0) is 18.6 Å². The molecule has 0 bridgehead atoms. The first-order chi connectivity index (χ1) is 15.6. The number of hydrogen-bond acceptors (Lipinski definition) is 5. The van der Waals surface area contributed by atoms with Gasteiger partial charge >= 0.3 is 0 Å². The van der Waals surface area contributed by atoms with Gasteiger partial charge in [-0.3, -0.25) is 0 Å². The number of ether oxygens (including phenoxy) is 3. The lowest BCUT2D eigenvalue weighted by Crippen LogP contribution is -2.75. The summed E-state index contributed by atoms with van der Waals surface area (Å²) in [5.74, 6) is 7.03. The highest BCUT2D eigenvalue weighted by Crippen LogP contribution is 2.62.